The van der Waals surface area contributed by atoms with Gasteiger partial charge in [-0.05, 0) is 25.1 Å². The summed E-state index contributed by atoms with van der Waals surface area (Å²) in [6, 6.07) is 7.65. The molecule has 4 heterocycles. The number of pyridine rings is 2. The first-order valence-electron chi connectivity index (χ1n) is 13.6. The highest BCUT2D eigenvalue weighted by molar-refractivity contribution is 5.99. The van der Waals surface area contributed by atoms with E-state index < -0.39 is 71.9 Å². The van der Waals surface area contributed by atoms with Crippen LogP contribution in [0.1, 0.15) is 39.0 Å². The number of ether oxygens (including phenoxy) is 4. The van der Waals surface area contributed by atoms with E-state index in [0.29, 0.717) is 11.8 Å². The first-order valence-corrected chi connectivity index (χ1v) is 13.6. The molecular weight excluding hydrogens is 600 g/mol. The van der Waals surface area contributed by atoms with Crippen molar-refractivity contribution in [1.82, 2.24) is 25.1 Å². The van der Waals surface area contributed by atoms with E-state index in [1.165, 1.54) is 9.47 Å². The summed E-state index contributed by atoms with van der Waals surface area (Å²) in [7, 11) is 0. The maximum absolute atomic E-state index is 14.1. The van der Waals surface area contributed by atoms with Crippen LogP contribution < -0.4 is 20.8 Å². The zero-order chi connectivity index (χ0) is 32.1. The minimum absolute atomic E-state index is 0.0317. The quantitative estimate of drug-likeness (QED) is 0.248. The van der Waals surface area contributed by atoms with Gasteiger partial charge in [0.1, 0.15) is 17.2 Å². The van der Waals surface area contributed by atoms with E-state index >= 15 is 0 Å². The molecular formula is C29H27F2N5O9. The van der Waals surface area contributed by atoms with Crippen molar-refractivity contribution in [2.75, 3.05) is 20.0 Å². The van der Waals surface area contributed by atoms with Gasteiger partial charge in [0, 0.05) is 30.6 Å². The van der Waals surface area contributed by atoms with Crippen LogP contribution >= 0.6 is 0 Å². The van der Waals surface area contributed by atoms with E-state index in [9.17, 15) is 32.8 Å². The lowest BCUT2D eigenvalue weighted by atomic mass is 10.1. The predicted octanol–water partition coefficient (Wildman–Crippen LogP) is 1.46. The Morgan fingerprint density at radius 2 is 1.91 bits per heavy atom. The molecule has 3 amide bonds. The number of hydrogen-bond donors (Lipinski definition) is 2. The molecule has 14 nitrogen and oxygen atoms in total. The summed E-state index contributed by atoms with van der Waals surface area (Å²) < 4.78 is 49.3. The number of aromatic nitrogens is 2. The third kappa shape index (κ3) is 7.06. The molecule has 2 atom stereocenters. The van der Waals surface area contributed by atoms with Crippen molar-refractivity contribution in [3.8, 4) is 5.75 Å². The normalized spacial score (nSPS) is 16.8. The molecule has 3 aromatic rings. The van der Waals surface area contributed by atoms with E-state index in [4.69, 9.17) is 18.9 Å². The number of benzene rings is 1. The summed E-state index contributed by atoms with van der Waals surface area (Å²) in [6.07, 6.45) is 0.733. The fraction of sp³-hybridized carbons (Fsp3) is 0.310. The van der Waals surface area contributed by atoms with Crippen LogP contribution in [0.2, 0.25) is 0 Å². The Kier molecular flexibility index (Phi) is 9.32. The highest BCUT2D eigenvalue weighted by atomic mass is 19.1. The van der Waals surface area contributed by atoms with Crippen LogP contribution in [0.15, 0.2) is 53.6 Å². The first kappa shape index (κ1) is 31.1. The molecule has 2 N–H and O–H groups in total. The highest BCUT2D eigenvalue weighted by Crippen LogP contribution is 2.30. The van der Waals surface area contributed by atoms with E-state index in [-0.39, 0.29) is 43.5 Å². The molecule has 236 valence electrons. The Labute approximate surface area is 253 Å². The summed E-state index contributed by atoms with van der Waals surface area (Å²) in [5.41, 5.74) is -1.12. The standard InChI is InChI=1S/C29H27F2N5O9/c1-16-13-42-23-12-35-11-20(27(39)34-9-17-5-6-18(30)8-21(17)31)25(38)26(24(35)28(40)36(16)23)44-15-45-29(41)43-14-22(37)33-10-19-4-2-3-7-32-19/h2-8,11,16,23H,9-10,12-15H2,1H3,(H,33,37)(H,34,39). The van der Waals surface area contributed by atoms with Gasteiger partial charge in [0.2, 0.25) is 18.0 Å². The number of hydrogen-bond acceptors (Lipinski definition) is 10. The summed E-state index contributed by atoms with van der Waals surface area (Å²) in [4.78, 5) is 69.5. The van der Waals surface area contributed by atoms with Gasteiger partial charge >= 0.3 is 6.16 Å². The van der Waals surface area contributed by atoms with Crippen LogP contribution in [0.4, 0.5) is 13.6 Å². The van der Waals surface area contributed by atoms with Crippen molar-refractivity contribution >= 4 is 23.9 Å². The molecule has 45 heavy (non-hydrogen) atoms. The minimum atomic E-state index is -1.31. The van der Waals surface area contributed by atoms with Gasteiger partial charge in [-0.1, -0.05) is 12.1 Å². The number of fused-ring (bicyclic) bond motifs is 2. The zero-order valence-electron chi connectivity index (χ0n) is 23.8. The van der Waals surface area contributed by atoms with Crippen LogP contribution in [0.5, 0.6) is 5.75 Å². The lowest BCUT2D eigenvalue weighted by Gasteiger charge is -2.34. The number of nitrogens with one attached hydrogen (secondary N) is 2. The SMILES string of the molecule is CC1COC2Cn3cc(C(=O)NCc4ccc(F)cc4F)c(=O)c(OCOC(=O)OCC(=O)NCc4ccccn4)c3C(=O)N12. The molecule has 1 fully saturated rings. The first-order chi connectivity index (χ1) is 21.6. The topological polar surface area (TPSA) is 167 Å². The number of nitrogens with zero attached hydrogens (tertiary/aromatic N) is 3. The van der Waals surface area contributed by atoms with Gasteiger partial charge in [-0.3, -0.25) is 24.2 Å². The second kappa shape index (κ2) is 13.5. The summed E-state index contributed by atoms with van der Waals surface area (Å²) in [5, 5.41) is 4.90. The van der Waals surface area contributed by atoms with Crippen LogP contribution in [0.3, 0.4) is 0 Å². The molecule has 2 unspecified atom stereocenters. The molecule has 0 radical (unpaired) electrons. The van der Waals surface area contributed by atoms with Crippen molar-refractivity contribution < 1.29 is 46.9 Å². The maximum Gasteiger partial charge on any atom is 0.511 e. The number of carbonyl (C=O) groups excluding carboxylic acids is 4. The molecule has 5 rings (SSSR count). The third-order valence-electron chi connectivity index (χ3n) is 6.94. The van der Waals surface area contributed by atoms with Gasteiger partial charge in [0.05, 0.1) is 31.4 Å². The fourth-order valence-corrected chi connectivity index (χ4v) is 4.74. The number of carbonyl (C=O) groups is 4. The second-order valence-electron chi connectivity index (χ2n) is 10.0. The van der Waals surface area contributed by atoms with Crippen LogP contribution in [-0.2, 0) is 38.6 Å². The van der Waals surface area contributed by atoms with Crippen molar-refractivity contribution in [3.63, 3.8) is 0 Å². The molecule has 0 bridgehead atoms. The highest BCUT2D eigenvalue weighted by Gasteiger charge is 2.43. The lowest BCUT2D eigenvalue weighted by molar-refractivity contribution is -0.125. The van der Waals surface area contributed by atoms with Gasteiger partial charge in [-0.25, -0.2) is 13.6 Å². The van der Waals surface area contributed by atoms with Crippen molar-refractivity contribution in [3.05, 3.63) is 93.2 Å². The van der Waals surface area contributed by atoms with Gasteiger partial charge in [0.25, 0.3) is 17.7 Å². The second-order valence-corrected chi connectivity index (χ2v) is 10.0. The van der Waals surface area contributed by atoms with Crippen molar-refractivity contribution in [1.29, 1.82) is 0 Å². The molecule has 0 aliphatic carbocycles. The molecule has 2 aromatic heterocycles. The third-order valence-corrected chi connectivity index (χ3v) is 6.94. The van der Waals surface area contributed by atoms with Gasteiger partial charge in [0.15, 0.2) is 18.5 Å². The van der Waals surface area contributed by atoms with Gasteiger partial charge < -0.3 is 39.0 Å². The van der Waals surface area contributed by atoms with E-state index in [0.717, 1.165) is 18.3 Å². The largest absolute Gasteiger partial charge is 0.511 e. The molecule has 2 aliphatic heterocycles. The zero-order valence-corrected chi connectivity index (χ0v) is 23.8. The van der Waals surface area contributed by atoms with E-state index in [1.54, 1.807) is 31.3 Å². The molecule has 16 heteroatoms. The minimum Gasteiger partial charge on any atom is -0.451 e. The maximum atomic E-state index is 14.1. The Hall–Kier alpha value is -5.38. The average Bonchev–Trinajstić information content (AvgIpc) is 3.40. The Bertz CT molecular complexity index is 1680. The number of rotatable bonds is 10. The van der Waals surface area contributed by atoms with Gasteiger partial charge in [-0.2, -0.15) is 0 Å². The fourth-order valence-electron chi connectivity index (χ4n) is 4.74. The molecule has 1 saturated heterocycles. The summed E-state index contributed by atoms with van der Waals surface area (Å²) in [5.74, 6) is -4.46. The van der Waals surface area contributed by atoms with Crippen LogP contribution in [0, 0.1) is 11.6 Å². The monoisotopic (exact) mass is 627 g/mol. The Balaban J connectivity index is 1.27. The summed E-state index contributed by atoms with van der Waals surface area (Å²) >= 11 is 0. The number of amides is 3. The van der Waals surface area contributed by atoms with Crippen LogP contribution in [-0.4, -0.2) is 70.6 Å². The molecule has 0 spiro atoms. The predicted molar refractivity (Wildman–Crippen MR) is 148 cm³/mol. The average molecular weight is 628 g/mol. The van der Waals surface area contributed by atoms with Crippen LogP contribution in [0.25, 0.3) is 0 Å². The Morgan fingerprint density at radius 1 is 1.09 bits per heavy atom. The lowest BCUT2D eigenvalue weighted by Crippen LogP contribution is -2.49. The smallest absolute Gasteiger partial charge is 0.451 e. The van der Waals surface area contributed by atoms with Gasteiger partial charge in [-0.15, -0.1) is 0 Å². The van der Waals surface area contributed by atoms with Crippen molar-refractivity contribution in [2.24, 2.45) is 0 Å². The van der Waals surface area contributed by atoms with Crippen molar-refractivity contribution in [2.45, 2.75) is 38.8 Å². The summed E-state index contributed by atoms with van der Waals surface area (Å²) in [6.45, 7) is 0.190. The number of halogens is 2. The van der Waals surface area contributed by atoms with E-state index in [1.807, 2.05) is 0 Å². The molecule has 0 saturated carbocycles. The molecule has 1 aromatic carbocycles. The van der Waals surface area contributed by atoms with E-state index in [2.05, 4.69) is 15.6 Å². The molecule has 2 aliphatic rings. The Morgan fingerprint density at radius 3 is 2.67 bits per heavy atom.